The maximum absolute atomic E-state index is 5.60. The normalized spacial score (nSPS) is 12.0. The van der Waals surface area contributed by atoms with Gasteiger partial charge in [0, 0.05) is 26.5 Å². The smallest absolute Gasteiger partial charge is 0.0964 e. The van der Waals surface area contributed by atoms with Crippen LogP contribution in [0.4, 0.5) is 0 Å². The highest BCUT2D eigenvalue weighted by Gasteiger charge is 2.15. The van der Waals surface area contributed by atoms with E-state index in [0.29, 0.717) is 13.2 Å². The first kappa shape index (κ1) is 17.1. The van der Waals surface area contributed by atoms with Crippen LogP contribution in [0.25, 0.3) is 0 Å². The van der Waals surface area contributed by atoms with Gasteiger partial charge in [-0.3, -0.25) is 0 Å². The largest absolute Gasteiger partial charge is 0.379 e. The minimum absolute atomic E-state index is 0.120. The fourth-order valence-electron chi connectivity index (χ4n) is 1.60. The molecular weight excluding hydrogens is 256 g/mol. The van der Waals surface area contributed by atoms with Crippen molar-refractivity contribution < 1.29 is 9.47 Å². The van der Waals surface area contributed by atoms with Gasteiger partial charge in [-0.2, -0.15) is 0 Å². The van der Waals surface area contributed by atoms with Crippen molar-refractivity contribution in [2.24, 2.45) is 0 Å². The first-order chi connectivity index (χ1) is 9.57. The van der Waals surface area contributed by atoms with Crippen LogP contribution in [0.1, 0.15) is 39.3 Å². The highest BCUT2D eigenvalue weighted by molar-refractivity contribution is 4.91. The van der Waals surface area contributed by atoms with Gasteiger partial charge in [-0.05, 0) is 33.2 Å². The van der Waals surface area contributed by atoms with Crippen LogP contribution >= 0.6 is 0 Å². The molecule has 0 saturated carbocycles. The van der Waals surface area contributed by atoms with E-state index in [0.717, 1.165) is 38.2 Å². The standard InChI is InChI=1S/C14H28N4O2/c1-5-7-15-11-13-12-18(17-16-13)8-10-20-9-6-14(2,3)19-4/h12,15H,5-11H2,1-4H3. The van der Waals surface area contributed by atoms with Crippen molar-refractivity contribution in [3.63, 3.8) is 0 Å². The number of nitrogens with zero attached hydrogens (tertiary/aromatic N) is 3. The van der Waals surface area contributed by atoms with E-state index in [-0.39, 0.29) is 5.60 Å². The summed E-state index contributed by atoms with van der Waals surface area (Å²) in [6, 6.07) is 0. The summed E-state index contributed by atoms with van der Waals surface area (Å²) in [7, 11) is 1.73. The molecule has 0 unspecified atom stereocenters. The zero-order valence-corrected chi connectivity index (χ0v) is 13.2. The summed E-state index contributed by atoms with van der Waals surface area (Å²) < 4.78 is 12.8. The maximum atomic E-state index is 5.60. The van der Waals surface area contributed by atoms with E-state index in [2.05, 4.69) is 36.4 Å². The maximum Gasteiger partial charge on any atom is 0.0964 e. The van der Waals surface area contributed by atoms with E-state index in [9.17, 15) is 0 Å². The molecule has 0 aliphatic heterocycles. The van der Waals surface area contributed by atoms with Gasteiger partial charge >= 0.3 is 0 Å². The molecule has 0 saturated heterocycles. The lowest BCUT2D eigenvalue weighted by molar-refractivity contribution is -0.0108. The lowest BCUT2D eigenvalue weighted by Crippen LogP contribution is -2.24. The molecular formula is C14H28N4O2. The molecule has 116 valence electrons. The van der Waals surface area contributed by atoms with Gasteiger partial charge < -0.3 is 14.8 Å². The second-order valence-corrected chi connectivity index (χ2v) is 5.48. The number of ether oxygens (including phenoxy) is 2. The monoisotopic (exact) mass is 284 g/mol. The molecule has 0 atom stereocenters. The molecule has 6 heteroatoms. The number of methoxy groups -OCH3 is 1. The third-order valence-corrected chi connectivity index (χ3v) is 3.18. The van der Waals surface area contributed by atoms with Crippen molar-refractivity contribution >= 4 is 0 Å². The highest BCUT2D eigenvalue weighted by Crippen LogP contribution is 2.12. The van der Waals surface area contributed by atoms with Crippen LogP contribution in [0.3, 0.4) is 0 Å². The molecule has 1 rings (SSSR count). The van der Waals surface area contributed by atoms with Crippen molar-refractivity contribution in [2.75, 3.05) is 26.9 Å². The quantitative estimate of drug-likeness (QED) is 0.626. The second kappa shape index (κ2) is 9.05. The van der Waals surface area contributed by atoms with Crippen LogP contribution in [0.15, 0.2) is 6.20 Å². The molecule has 20 heavy (non-hydrogen) atoms. The third-order valence-electron chi connectivity index (χ3n) is 3.18. The number of nitrogens with one attached hydrogen (secondary N) is 1. The van der Waals surface area contributed by atoms with Crippen LogP contribution in [0.5, 0.6) is 0 Å². The molecule has 0 radical (unpaired) electrons. The molecule has 1 aromatic rings. The van der Waals surface area contributed by atoms with Crippen LogP contribution in [0, 0.1) is 0 Å². The Hall–Kier alpha value is -0.980. The molecule has 0 amide bonds. The second-order valence-electron chi connectivity index (χ2n) is 5.48. The van der Waals surface area contributed by atoms with Crippen molar-refractivity contribution in [1.82, 2.24) is 20.3 Å². The highest BCUT2D eigenvalue weighted by atomic mass is 16.5. The number of aromatic nitrogens is 3. The lowest BCUT2D eigenvalue weighted by atomic mass is 10.1. The summed E-state index contributed by atoms with van der Waals surface area (Å²) in [5.74, 6) is 0. The van der Waals surface area contributed by atoms with Gasteiger partial charge in [0.1, 0.15) is 0 Å². The molecule has 1 N–H and O–H groups in total. The minimum Gasteiger partial charge on any atom is -0.379 e. The molecule has 0 aliphatic rings. The SMILES string of the molecule is CCCNCc1cn(CCOCCC(C)(C)OC)nn1. The van der Waals surface area contributed by atoms with E-state index < -0.39 is 0 Å². The molecule has 1 heterocycles. The fraction of sp³-hybridized carbons (Fsp3) is 0.857. The van der Waals surface area contributed by atoms with E-state index >= 15 is 0 Å². The van der Waals surface area contributed by atoms with Gasteiger partial charge in [0.25, 0.3) is 0 Å². The van der Waals surface area contributed by atoms with Crippen molar-refractivity contribution in [3.05, 3.63) is 11.9 Å². The Labute approximate surface area is 121 Å². The van der Waals surface area contributed by atoms with E-state index in [1.54, 1.807) is 7.11 Å². The summed E-state index contributed by atoms with van der Waals surface area (Å²) in [5.41, 5.74) is 0.852. The molecule has 0 bridgehead atoms. The van der Waals surface area contributed by atoms with Crippen molar-refractivity contribution in [2.45, 2.75) is 52.3 Å². The molecule has 6 nitrogen and oxygen atoms in total. The van der Waals surface area contributed by atoms with Gasteiger partial charge in [-0.1, -0.05) is 12.1 Å². The minimum atomic E-state index is -0.120. The number of rotatable bonds is 11. The Bertz CT molecular complexity index is 366. The topological polar surface area (TPSA) is 61.2 Å². The average Bonchev–Trinajstić information content (AvgIpc) is 2.86. The summed E-state index contributed by atoms with van der Waals surface area (Å²) in [5, 5.41) is 11.5. The van der Waals surface area contributed by atoms with Gasteiger partial charge in [0.15, 0.2) is 0 Å². The third kappa shape index (κ3) is 6.98. The Morgan fingerprint density at radius 1 is 1.35 bits per heavy atom. The fourth-order valence-corrected chi connectivity index (χ4v) is 1.60. The van der Waals surface area contributed by atoms with Crippen LogP contribution in [-0.2, 0) is 22.6 Å². The van der Waals surface area contributed by atoms with Gasteiger partial charge in [-0.25, -0.2) is 4.68 Å². The van der Waals surface area contributed by atoms with Gasteiger partial charge in [0.2, 0.25) is 0 Å². The first-order valence-corrected chi connectivity index (χ1v) is 7.30. The Morgan fingerprint density at radius 2 is 2.15 bits per heavy atom. The van der Waals surface area contributed by atoms with Crippen molar-refractivity contribution in [3.8, 4) is 0 Å². The average molecular weight is 284 g/mol. The summed E-state index contributed by atoms with van der Waals surface area (Å²) in [4.78, 5) is 0. The van der Waals surface area contributed by atoms with E-state index in [4.69, 9.17) is 9.47 Å². The predicted molar refractivity (Wildman–Crippen MR) is 78.5 cm³/mol. The Kier molecular flexibility index (Phi) is 7.72. The van der Waals surface area contributed by atoms with Crippen molar-refractivity contribution in [1.29, 1.82) is 0 Å². The molecule has 0 aromatic carbocycles. The van der Waals surface area contributed by atoms with Crippen LogP contribution in [0.2, 0.25) is 0 Å². The summed E-state index contributed by atoms with van der Waals surface area (Å²) >= 11 is 0. The zero-order valence-electron chi connectivity index (χ0n) is 13.2. The molecule has 0 aliphatic carbocycles. The van der Waals surface area contributed by atoms with Gasteiger partial charge in [0.05, 0.1) is 24.4 Å². The lowest BCUT2D eigenvalue weighted by Gasteiger charge is -2.22. The van der Waals surface area contributed by atoms with Gasteiger partial charge in [-0.15, -0.1) is 5.10 Å². The summed E-state index contributed by atoms with van der Waals surface area (Å²) in [6.07, 6.45) is 3.97. The van der Waals surface area contributed by atoms with Crippen LogP contribution < -0.4 is 5.32 Å². The van der Waals surface area contributed by atoms with Crippen LogP contribution in [-0.4, -0.2) is 47.5 Å². The molecule has 0 fully saturated rings. The number of hydrogen-bond acceptors (Lipinski definition) is 5. The van der Waals surface area contributed by atoms with E-state index in [1.165, 1.54) is 0 Å². The zero-order chi connectivity index (χ0) is 14.8. The Morgan fingerprint density at radius 3 is 2.85 bits per heavy atom. The van der Waals surface area contributed by atoms with E-state index in [1.807, 2.05) is 10.9 Å². The number of hydrogen-bond donors (Lipinski definition) is 1. The summed E-state index contributed by atoms with van der Waals surface area (Å²) in [6.45, 7) is 10.1. The molecule has 0 spiro atoms. The Balaban J connectivity index is 2.13. The molecule has 1 aromatic heterocycles. The first-order valence-electron chi connectivity index (χ1n) is 7.30. The predicted octanol–water partition coefficient (Wildman–Crippen LogP) is 1.61.